The minimum absolute atomic E-state index is 0.0229. The first-order valence-corrected chi connectivity index (χ1v) is 9.62. The highest BCUT2D eigenvalue weighted by molar-refractivity contribution is 7.89. The fourth-order valence-corrected chi connectivity index (χ4v) is 5.69. The van der Waals surface area contributed by atoms with Gasteiger partial charge in [-0.2, -0.15) is 4.31 Å². The Hall–Kier alpha value is -0.470. The molecule has 1 atom stereocenters. The molecular formula is C14H22N2O3S2. The van der Waals surface area contributed by atoms with Gasteiger partial charge in [0.25, 0.3) is 0 Å². The van der Waals surface area contributed by atoms with Crippen molar-refractivity contribution in [3.8, 4) is 0 Å². The van der Waals surface area contributed by atoms with Gasteiger partial charge in [-0.3, -0.25) is 0 Å². The van der Waals surface area contributed by atoms with Crippen molar-refractivity contribution in [1.29, 1.82) is 0 Å². The van der Waals surface area contributed by atoms with E-state index in [2.05, 4.69) is 5.32 Å². The van der Waals surface area contributed by atoms with Crippen LogP contribution in [-0.4, -0.2) is 45.1 Å². The average molecular weight is 330 g/mol. The van der Waals surface area contributed by atoms with Crippen LogP contribution in [0, 0.1) is 6.92 Å². The van der Waals surface area contributed by atoms with E-state index in [-0.39, 0.29) is 6.10 Å². The lowest BCUT2D eigenvalue weighted by molar-refractivity contribution is 0.115. The molecule has 0 bridgehead atoms. The van der Waals surface area contributed by atoms with Gasteiger partial charge in [0.2, 0.25) is 10.0 Å². The van der Waals surface area contributed by atoms with Crippen LogP contribution in [0.1, 0.15) is 29.0 Å². The van der Waals surface area contributed by atoms with Crippen LogP contribution in [-0.2, 0) is 21.3 Å². The van der Waals surface area contributed by atoms with E-state index in [1.807, 2.05) is 13.0 Å². The van der Waals surface area contributed by atoms with E-state index in [1.165, 1.54) is 12.8 Å². The molecule has 2 fully saturated rings. The number of nitrogens with one attached hydrogen (secondary N) is 1. The van der Waals surface area contributed by atoms with E-state index >= 15 is 0 Å². The molecule has 0 spiro atoms. The predicted molar refractivity (Wildman–Crippen MR) is 83.1 cm³/mol. The third kappa shape index (κ3) is 3.32. The molecule has 3 rings (SSSR count). The lowest BCUT2D eigenvalue weighted by Crippen LogP contribution is -2.30. The number of rotatable bonds is 6. The summed E-state index contributed by atoms with van der Waals surface area (Å²) >= 11 is 1.58. The van der Waals surface area contributed by atoms with Crippen molar-refractivity contribution in [2.24, 2.45) is 0 Å². The lowest BCUT2D eigenvalue weighted by Gasteiger charge is -2.15. The van der Waals surface area contributed by atoms with Crippen LogP contribution >= 0.6 is 11.3 Å². The normalized spacial score (nSPS) is 23.8. The van der Waals surface area contributed by atoms with Gasteiger partial charge in [-0.1, -0.05) is 0 Å². The van der Waals surface area contributed by atoms with Crippen LogP contribution in [0.15, 0.2) is 11.0 Å². The second-order valence-corrected chi connectivity index (χ2v) is 9.04. The summed E-state index contributed by atoms with van der Waals surface area (Å²) < 4.78 is 32.3. The maximum absolute atomic E-state index is 12.7. The van der Waals surface area contributed by atoms with Gasteiger partial charge in [0.05, 0.1) is 11.0 Å². The van der Waals surface area contributed by atoms with Crippen molar-refractivity contribution in [3.05, 3.63) is 15.8 Å². The number of sulfonamides is 1. The molecule has 118 valence electrons. The van der Waals surface area contributed by atoms with Gasteiger partial charge >= 0.3 is 0 Å². The minimum Gasteiger partial charge on any atom is -0.380 e. The van der Waals surface area contributed by atoms with E-state index in [0.717, 1.165) is 22.7 Å². The van der Waals surface area contributed by atoms with Crippen LogP contribution in [0.3, 0.4) is 0 Å². The fourth-order valence-electron chi connectivity index (χ4n) is 2.65. The first-order valence-electron chi connectivity index (χ1n) is 7.36. The monoisotopic (exact) mass is 330 g/mol. The Morgan fingerprint density at radius 1 is 1.43 bits per heavy atom. The molecule has 21 heavy (non-hydrogen) atoms. The maximum atomic E-state index is 12.7. The largest absolute Gasteiger partial charge is 0.380 e. The number of methoxy groups -OCH3 is 1. The molecule has 1 aromatic rings. The molecule has 1 saturated carbocycles. The Bertz CT molecular complexity index is 608. The smallest absolute Gasteiger partial charge is 0.244 e. The quantitative estimate of drug-likeness (QED) is 0.863. The summed E-state index contributed by atoms with van der Waals surface area (Å²) in [7, 11) is -1.74. The zero-order valence-corrected chi connectivity index (χ0v) is 14.1. The summed E-state index contributed by atoms with van der Waals surface area (Å²) in [5.41, 5.74) is 0. The minimum atomic E-state index is -3.38. The molecule has 2 heterocycles. The van der Waals surface area contributed by atoms with Crippen LogP contribution in [0.2, 0.25) is 0 Å². The molecule has 0 aromatic carbocycles. The summed E-state index contributed by atoms with van der Waals surface area (Å²) in [5.74, 6) is 0. The van der Waals surface area contributed by atoms with Gasteiger partial charge in [-0.25, -0.2) is 8.42 Å². The van der Waals surface area contributed by atoms with Gasteiger partial charge < -0.3 is 10.1 Å². The van der Waals surface area contributed by atoms with E-state index in [9.17, 15) is 8.42 Å². The summed E-state index contributed by atoms with van der Waals surface area (Å²) in [6, 6.07) is 2.47. The van der Waals surface area contributed by atoms with Crippen molar-refractivity contribution < 1.29 is 13.2 Å². The van der Waals surface area contributed by atoms with Crippen molar-refractivity contribution in [2.45, 2.75) is 49.8 Å². The van der Waals surface area contributed by atoms with Gasteiger partial charge in [0.1, 0.15) is 0 Å². The van der Waals surface area contributed by atoms with Crippen molar-refractivity contribution in [1.82, 2.24) is 9.62 Å². The van der Waals surface area contributed by atoms with Crippen LogP contribution in [0.25, 0.3) is 0 Å². The topological polar surface area (TPSA) is 58.6 Å². The second kappa shape index (κ2) is 5.96. The third-order valence-electron chi connectivity index (χ3n) is 4.12. The molecule has 1 unspecified atom stereocenters. The molecule has 7 heteroatoms. The van der Waals surface area contributed by atoms with E-state index in [1.54, 1.807) is 22.8 Å². The zero-order chi connectivity index (χ0) is 15.0. The summed E-state index contributed by atoms with van der Waals surface area (Å²) in [4.78, 5) is 2.45. The SMILES string of the molecule is COC1CCN(S(=O)(=O)c2cc(CNC3CC3)sc2C)C1. The first kappa shape index (κ1) is 15.4. The molecule has 1 N–H and O–H groups in total. The molecule has 1 aliphatic carbocycles. The van der Waals surface area contributed by atoms with Crippen molar-refractivity contribution in [3.63, 3.8) is 0 Å². The third-order valence-corrected chi connectivity index (χ3v) is 7.30. The van der Waals surface area contributed by atoms with Crippen molar-refractivity contribution in [2.75, 3.05) is 20.2 Å². The Labute approximate surface area is 130 Å². The zero-order valence-electron chi connectivity index (χ0n) is 12.5. The Balaban J connectivity index is 1.75. The molecule has 1 saturated heterocycles. The van der Waals surface area contributed by atoms with E-state index in [0.29, 0.717) is 24.0 Å². The van der Waals surface area contributed by atoms with Gasteiger partial charge in [-0.05, 0) is 32.3 Å². The molecular weight excluding hydrogens is 308 g/mol. The van der Waals surface area contributed by atoms with Crippen molar-refractivity contribution >= 4 is 21.4 Å². The van der Waals surface area contributed by atoms with Crippen LogP contribution < -0.4 is 5.32 Å². The number of aryl methyl sites for hydroxylation is 1. The molecule has 0 amide bonds. The van der Waals surface area contributed by atoms with E-state index in [4.69, 9.17) is 4.74 Å². The average Bonchev–Trinajstić information content (AvgIpc) is 3.00. The summed E-state index contributed by atoms with van der Waals surface area (Å²) in [5, 5.41) is 3.43. The number of hydrogen-bond donors (Lipinski definition) is 1. The first-order chi connectivity index (χ1) is 10.0. The highest BCUT2D eigenvalue weighted by atomic mass is 32.2. The lowest BCUT2D eigenvalue weighted by atomic mass is 10.3. The number of nitrogens with zero attached hydrogens (tertiary/aromatic N) is 1. The van der Waals surface area contributed by atoms with Crippen LogP contribution in [0.4, 0.5) is 0 Å². The number of ether oxygens (including phenoxy) is 1. The highest BCUT2D eigenvalue weighted by Gasteiger charge is 2.34. The maximum Gasteiger partial charge on any atom is 0.244 e. The van der Waals surface area contributed by atoms with Gasteiger partial charge in [0, 0.05) is 42.5 Å². The molecule has 1 aliphatic heterocycles. The highest BCUT2D eigenvalue weighted by Crippen LogP contribution is 2.31. The fraction of sp³-hybridized carbons (Fsp3) is 0.714. The summed E-state index contributed by atoms with van der Waals surface area (Å²) in [6.07, 6.45) is 3.27. The van der Waals surface area contributed by atoms with Crippen LogP contribution in [0.5, 0.6) is 0 Å². The molecule has 5 nitrogen and oxygen atoms in total. The predicted octanol–water partition coefficient (Wildman–Crippen LogP) is 1.72. The number of thiophene rings is 1. The van der Waals surface area contributed by atoms with Gasteiger partial charge in [0.15, 0.2) is 0 Å². The molecule has 1 aromatic heterocycles. The van der Waals surface area contributed by atoms with Gasteiger partial charge in [-0.15, -0.1) is 11.3 Å². The Kier molecular flexibility index (Phi) is 4.38. The molecule has 2 aliphatic rings. The van der Waals surface area contributed by atoms with E-state index < -0.39 is 10.0 Å². The Morgan fingerprint density at radius 3 is 2.81 bits per heavy atom. The Morgan fingerprint density at radius 2 is 2.19 bits per heavy atom. The summed E-state index contributed by atoms with van der Waals surface area (Å²) in [6.45, 7) is 3.67. The standard InChI is InChI=1S/C14H22N2O3S2/c1-10-14(7-13(20-10)8-15-11-3-4-11)21(17,18)16-6-5-12(9-16)19-2/h7,11-12,15H,3-6,8-9H2,1-2H3. The number of hydrogen-bond acceptors (Lipinski definition) is 5. The molecule has 0 radical (unpaired) electrons. The second-order valence-electron chi connectivity index (χ2n) is 5.80.